The van der Waals surface area contributed by atoms with E-state index in [0.29, 0.717) is 17.0 Å². The number of ether oxygens (including phenoxy) is 1. The zero-order valence-electron chi connectivity index (χ0n) is 24.2. The van der Waals surface area contributed by atoms with Gasteiger partial charge < -0.3 is 15.4 Å². The first-order valence-corrected chi connectivity index (χ1v) is 15.0. The van der Waals surface area contributed by atoms with Gasteiger partial charge in [0, 0.05) is 31.6 Å². The average molecular weight is 653 g/mol. The van der Waals surface area contributed by atoms with Gasteiger partial charge >= 0.3 is 12.3 Å². The zero-order chi connectivity index (χ0) is 32.4. The van der Waals surface area contributed by atoms with Crippen LogP contribution in [0.4, 0.5) is 26.7 Å². The predicted octanol–water partition coefficient (Wildman–Crippen LogP) is 3.47. The Morgan fingerprint density at radius 1 is 1.15 bits per heavy atom. The normalized spacial score (nSPS) is 25.9. The van der Waals surface area contributed by atoms with Crippen LogP contribution < -0.4 is 10.6 Å². The maximum absolute atomic E-state index is 14.1. The van der Waals surface area contributed by atoms with Gasteiger partial charge in [0.15, 0.2) is 11.3 Å². The van der Waals surface area contributed by atoms with Gasteiger partial charge in [-0.25, -0.2) is 27.7 Å². The lowest BCUT2D eigenvalue weighted by Crippen LogP contribution is -2.55. The summed E-state index contributed by atoms with van der Waals surface area (Å²) < 4.78 is 80.3. The van der Waals surface area contributed by atoms with Crippen molar-refractivity contribution in [1.29, 1.82) is 0 Å². The number of hydrogen-bond acceptors (Lipinski definition) is 9. The van der Waals surface area contributed by atoms with E-state index in [-0.39, 0.29) is 62.5 Å². The number of nitrogens with zero attached hydrogens (tertiary/aromatic N) is 6. The first-order chi connectivity index (χ1) is 21.8. The second-order valence-corrected chi connectivity index (χ2v) is 12.5. The molecular weight excluding hydrogens is 623 g/mol. The fraction of sp³-hybridized carbons (Fsp3) is 0.607. The van der Waals surface area contributed by atoms with Gasteiger partial charge in [-0.05, 0) is 48.4 Å². The van der Waals surface area contributed by atoms with Crippen molar-refractivity contribution >= 4 is 23.6 Å². The number of carbonyl (C=O) groups excluding carboxylic acids is 3. The third-order valence-electron chi connectivity index (χ3n) is 9.37. The lowest BCUT2D eigenvalue weighted by Gasteiger charge is -2.34. The minimum atomic E-state index is -4.73. The third-order valence-corrected chi connectivity index (χ3v) is 9.37. The molecule has 4 fully saturated rings. The summed E-state index contributed by atoms with van der Waals surface area (Å²) in [5.74, 6) is -4.69. The molecule has 0 aromatic carbocycles. The molecule has 13 nitrogen and oxygen atoms in total. The van der Waals surface area contributed by atoms with Crippen molar-refractivity contribution in [3.63, 3.8) is 0 Å². The van der Waals surface area contributed by atoms with Gasteiger partial charge in [-0.3, -0.25) is 14.5 Å². The first-order valence-electron chi connectivity index (χ1n) is 15.0. The number of nitrogens with one attached hydrogen (secondary N) is 2. The highest BCUT2D eigenvalue weighted by atomic mass is 19.4. The molecular formula is C28H29F5N8O5. The molecule has 0 spiro atoms. The molecule has 3 aromatic heterocycles. The molecule has 5 heterocycles. The van der Waals surface area contributed by atoms with E-state index in [4.69, 9.17) is 9.37 Å². The molecule has 2 aliphatic heterocycles. The predicted molar refractivity (Wildman–Crippen MR) is 143 cm³/mol. The van der Waals surface area contributed by atoms with Gasteiger partial charge in [0.1, 0.15) is 23.9 Å². The van der Waals surface area contributed by atoms with E-state index in [1.54, 1.807) is 0 Å². The molecule has 3 atom stereocenters. The van der Waals surface area contributed by atoms with E-state index in [0.717, 1.165) is 17.7 Å². The summed E-state index contributed by atoms with van der Waals surface area (Å²) in [6, 6.07) is -1.44. The monoisotopic (exact) mass is 652 g/mol. The molecule has 246 valence electrons. The van der Waals surface area contributed by atoms with Crippen LogP contribution in [0.15, 0.2) is 23.1 Å². The highest BCUT2D eigenvalue weighted by Crippen LogP contribution is 2.43. The first kappa shape index (κ1) is 30.3. The number of imidazole rings is 1. The minimum Gasteiger partial charge on any atom is -0.448 e. The van der Waals surface area contributed by atoms with Gasteiger partial charge in [-0.1, -0.05) is 5.16 Å². The molecule has 2 saturated heterocycles. The van der Waals surface area contributed by atoms with Gasteiger partial charge in [0.05, 0.1) is 30.7 Å². The Morgan fingerprint density at radius 2 is 1.91 bits per heavy atom. The molecule has 0 bridgehead atoms. The number of rotatable bonds is 8. The molecule has 2 saturated carbocycles. The standard InChI is InChI=1S/C28H29F5N8O5/c29-27(30)5-3-16(4-6-27)20(37-23(42)22-21(15-1-2-15)38-46-39-22)17-13-41-19(35-17)9-14(12-34-41)10-26(40-7-8-45-25(40)44)11-18(28(31,32)33)36-24(26)43/h9,12-13,15-16,18,20H,1-8,10-11H2,(H,36,43)(H,37,42)/t18-,20-,26+/m0/s1. The van der Waals surface area contributed by atoms with Crippen LogP contribution in [-0.4, -0.2) is 84.6 Å². The van der Waals surface area contributed by atoms with Crippen LogP contribution >= 0.6 is 0 Å². The summed E-state index contributed by atoms with van der Waals surface area (Å²) in [7, 11) is 0. The van der Waals surface area contributed by atoms with E-state index < -0.39 is 60.0 Å². The number of fused-ring (bicyclic) bond motifs is 1. The lowest BCUT2D eigenvalue weighted by atomic mass is 9.81. The zero-order valence-corrected chi connectivity index (χ0v) is 24.2. The Morgan fingerprint density at radius 3 is 2.57 bits per heavy atom. The van der Waals surface area contributed by atoms with E-state index in [1.165, 1.54) is 23.0 Å². The van der Waals surface area contributed by atoms with Crippen LogP contribution in [0.1, 0.15) is 84.3 Å². The van der Waals surface area contributed by atoms with Crippen LogP contribution in [0.25, 0.3) is 5.65 Å². The summed E-state index contributed by atoms with van der Waals surface area (Å²) in [6.07, 6.45) is -2.55. The Bertz CT molecular complexity index is 1680. The van der Waals surface area contributed by atoms with Crippen LogP contribution in [0.3, 0.4) is 0 Å². The fourth-order valence-electron chi connectivity index (χ4n) is 6.77. The van der Waals surface area contributed by atoms with E-state index >= 15 is 0 Å². The van der Waals surface area contributed by atoms with Crippen molar-refractivity contribution in [3.8, 4) is 0 Å². The number of alkyl halides is 5. The second-order valence-electron chi connectivity index (χ2n) is 12.5. The molecule has 0 unspecified atom stereocenters. The van der Waals surface area contributed by atoms with Gasteiger partial charge in [-0.15, -0.1) is 0 Å². The van der Waals surface area contributed by atoms with E-state index in [2.05, 4.69) is 25.7 Å². The summed E-state index contributed by atoms with van der Waals surface area (Å²) in [6.45, 7) is -0.135. The fourth-order valence-corrected chi connectivity index (χ4v) is 6.77. The number of amides is 3. The number of halogens is 5. The van der Waals surface area contributed by atoms with E-state index in [1.807, 2.05) is 5.32 Å². The third kappa shape index (κ3) is 5.50. The minimum absolute atomic E-state index is 0.0237. The molecule has 3 amide bonds. The Labute approximate surface area is 257 Å². The second kappa shape index (κ2) is 10.9. The van der Waals surface area contributed by atoms with Gasteiger partial charge in [-0.2, -0.15) is 18.3 Å². The average Bonchev–Trinajstić information content (AvgIpc) is 3.31. The number of carbonyl (C=O) groups is 3. The molecule has 3 aromatic rings. The van der Waals surface area contributed by atoms with E-state index in [9.17, 15) is 36.3 Å². The smallest absolute Gasteiger partial charge is 0.410 e. The maximum atomic E-state index is 14.1. The molecule has 2 N–H and O–H groups in total. The van der Waals surface area contributed by atoms with Crippen molar-refractivity contribution in [3.05, 3.63) is 41.1 Å². The topological polar surface area (TPSA) is 157 Å². The molecule has 18 heteroatoms. The molecule has 2 aliphatic carbocycles. The van der Waals surface area contributed by atoms with Crippen molar-refractivity contribution in [2.45, 2.75) is 87.0 Å². The highest BCUT2D eigenvalue weighted by Gasteiger charge is 2.60. The number of hydrogen-bond donors (Lipinski definition) is 2. The molecule has 0 radical (unpaired) electrons. The van der Waals surface area contributed by atoms with Crippen LogP contribution in [0, 0.1) is 5.92 Å². The van der Waals surface area contributed by atoms with Gasteiger partial charge in [0.2, 0.25) is 11.8 Å². The summed E-state index contributed by atoms with van der Waals surface area (Å²) in [5.41, 5.74) is -0.533. The highest BCUT2D eigenvalue weighted by molar-refractivity contribution is 5.94. The van der Waals surface area contributed by atoms with Crippen molar-refractivity contribution in [1.82, 2.24) is 40.4 Å². The van der Waals surface area contributed by atoms with Crippen molar-refractivity contribution in [2.75, 3.05) is 13.2 Å². The summed E-state index contributed by atoms with van der Waals surface area (Å²) >= 11 is 0. The SMILES string of the molecule is O=C(N[C@H](c1cn2ncc(C[C@@]3(N4CCOC4=O)C[C@@H](C(F)(F)F)NC3=O)cc2n1)C1CCC(F)(F)CC1)c1nonc1C1CC1. The molecule has 4 aliphatic rings. The van der Waals surface area contributed by atoms with Crippen LogP contribution in [0.2, 0.25) is 0 Å². The molecule has 46 heavy (non-hydrogen) atoms. The largest absolute Gasteiger partial charge is 0.448 e. The Kier molecular flexibility index (Phi) is 7.15. The van der Waals surface area contributed by atoms with Gasteiger partial charge in [0.25, 0.3) is 5.91 Å². The Hall–Kier alpha value is -4.38. The number of cyclic esters (lactones) is 1. The van der Waals surface area contributed by atoms with Crippen LogP contribution in [0.5, 0.6) is 0 Å². The van der Waals surface area contributed by atoms with Crippen molar-refractivity contribution < 1.29 is 45.7 Å². The Balaban J connectivity index is 1.19. The molecule has 7 rings (SSSR count). The number of aromatic nitrogens is 5. The maximum Gasteiger partial charge on any atom is 0.410 e. The van der Waals surface area contributed by atoms with Crippen LogP contribution in [-0.2, 0) is 16.0 Å². The van der Waals surface area contributed by atoms with Crippen molar-refractivity contribution in [2.24, 2.45) is 5.92 Å². The lowest BCUT2D eigenvalue weighted by molar-refractivity contribution is -0.155. The quantitative estimate of drug-likeness (QED) is 0.348. The summed E-state index contributed by atoms with van der Waals surface area (Å²) in [4.78, 5) is 44.6. The summed E-state index contributed by atoms with van der Waals surface area (Å²) in [5, 5.41) is 16.8.